The van der Waals surface area contributed by atoms with Gasteiger partial charge in [0.15, 0.2) is 23.1 Å². The van der Waals surface area contributed by atoms with Crippen LogP contribution in [-0.2, 0) is 9.53 Å². The Morgan fingerprint density at radius 3 is 2.68 bits per heavy atom. The maximum absolute atomic E-state index is 15.7. The molecule has 2 aromatic carbocycles. The fraction of sp³-hybridized carbons (Fsp3) is 0.400. The first kappa shape index (κ1) is 29.2. The van der Waals surface area contributed by atoms with Gasteiger partial charge < -0.3 is 34.1 Å². The Morgan fingerprint density at radius 1 is 1.16 bits per heavy atom. The van der Waals surface area contributed by atoms with Crippen LogP contribution < -0.4 is 30.0 Å². The number of piperidine rings is 1. The number of hydrogen-bond donors (Lipinski definition) is 2. The number of pyridine rings is 1. The number of hydrogen-bond acceptors (Lipinski definition) is 8. The molecular weight excluding hydrogens is 582 g/mol. The van der Waals surface area contributed by atoms with E-state index < -0.39 is 46.9 Å². The summed E-state index contributed by atoms with van der Waals surface area (Å²) >= 11 is 0. The molecule has 2 N–H and O–H groups in total. The van der Waals surface area contributed by atoms with E-state index >= 15 is 8.78 Å². The number of carbonyl (C=O) groups excluding carboxylic acids is 2. The van der Waals surface area contributed by atoms with Gasteiger partial charge in [-0.2, -0.15) is 0 Å². The van der Waals surface area contributed by atoms with Gasteiger partial charge in [0.25, 0.3) is 0 Å². The fourth-order valence-corrected chi connectivity index (χ4v) is 5.93. The molecule has 0 saturated carbocycles. The summed E-state index contributed by atoms with van der Waals surface area (Å²) in [5, 5.41) is 12.0. The number of rotatable bonds is 7. The number of cyclic esters (lactones) is 1. The Bertz CT molecular complexity index is 1740. The van der Waals surface area contributed by atoms with E-state index in [1.807, 2.05) is 6.92 Å². The minimum atomic E-state index is -1.40. The number of halogens is 2. The molecule has 4 heterocycles. The summed E-state index contributed by atoms with van der Waals surface area (Å²) in [7, 11) is 0. The first-order valence-corrected chi connectivity index (χ1v) is 14.2. The molecule has 0 aliphatic carbocycles. The molecule has 3 aliphatic heterocycles. The van der Waals surface area contributed by atoms with Crippen LogP contribution in [0.25, 0.3) is 10.9 Å². The summed E-state index contributed by atoms with van der Waals surface area (Å²) in [5.74, 6) is -2.97. The Balaban J connectivity index is 1.23. The van der Waals surface area contributed by atoms with Gasteiger partial charge in [0.05, 0.1) is 42.3 Å². The zero-order valence-corrected chi connectivity index (χ0v) is 24.0. The smallest absolute Gasteiger partial charge is 0.414 e. The van der Waals surface area contributed by atoms with Gasteiger partial charge in [0.2, 0.25) is 11.3 Å². The number of benzene rings is 2. The highest BCUT2D eigenvalue weighted by atomic mass is 19.1. The van der Waals surface area contributed by atoms with Crippen molar-refractivity contribution in [3.05, 3.63) is 57.9 Å². The second kappa shape index (κ2) is 11.3. The molecule has 2 amide bonds. The van der Waals surface area contributed by atoms with Gasteiger partial charge in [-0.25, -0.2) is 18.4 Å². The molecule has 6 rings (SSSR count). The number of anilines is 2. The van der Waals surface area contributed by atoms with Gasteiger partial charge >= 0.3 is 12.1 Å². The molecule has 14 heteroatoms. The molecule has 0 radical (unpaired) electrons. The highest BCUT2D eigenvalue weighted by Crippen LogP contribution is 2.43. The monoisotopic (exact) mass is 612 g/mol. The van der Waals surface area contributed by atoms with Crippen molar-refractivity contribution < 1.29 is 42.5 Å². The van der Waals surface area contributed by atoms with Crippen molar-refractivity contribution in [2.75, 3.05) is 42.6 Å². The van der Waals surface area contributed by atoms with Crippen molar-refractivity contribution in [1.29, 1.82) is 0 Å². The van der Waals surface area contributed by atoms with Gasteiger partial charge in [-0.15, -0.1) is 0 Å². The van der Waals surface area contributed by atoms with E-state index in [0.717, 1.165) is 6.07 Å². The molecule has 12 nitrogen and oxygen atoms in total. The Kier molecular flexibility index (Phi) is 7.51. The third-order valence-electron chi connectivity index (χ3n) is 8.04. The summed E-state index contributed by atoms with van der Waals surface area (Å²) < 4.78 is 49.7. The number of aromatic carboxylic acids is 1. The van der Waals surface area contributed by atoms with Crippen molar-refractivity contribution in [2.24, 2.45) is 0 Å². The second-order valence-corrected chi connectivity index (χ2v) is 11.2. The van der Waals surface area contributed by atoms with Crippen LogP contribution in [0.2, 0.25) is 0 Å². The largest absolute Gasteiger partial charge is 0.487 e. The summed E-state index contributed by atoms with van der Waals surface area (Å²) in [5.41, 5.74) is -0.519. The van der Waals surface area contributed by atoms with Gasteiger partial charge in [-0.05, 0) is 38.0 Å². The lowest BCUT2D eigenvalue weighted by atomic mass is 10.0. The standard InChI is InChI=1S/C30H30F2N4O8/c1-15-14-42-28-25-20(27(38)21(29(39)40)13-35(15)25)9-23(32)26(28)34-7-3-4-18(11-34)43-24-6-5-17(8-22(24)31)36-12-19(44-30(36)41)10-33-16(2)37/h5-6,8-9,13,15,18-19H,3-4,7,10-12,14H2,1-2H3,(H,33,37)(H,39,40). The van der Waals surface area contributed by atoms with E-state index in [-0.39, 0.29) is 66.5 Å². The van der Waals surface area contributed by atoms with Crippen molar-refractivity contribution in [2.45, 2.75) is 44.9 Å². The quantitative estimate of drug-likeness (QED) is 0.411. The van der Waals surface area contributed by atoms with Crippen molar-refractivity contribution in [3.8, 4) is 11.5 Å². The second-order valence-electron chi connectivity index (χ2n) is 11.2. The third-order valence-corrected chi connectivity index (χ3v) is 8.04. The molecule has 1 aromatic heterocycles. The van der Waals surface area contributed by atoms with Crippen LogP contribution in [-0.4, -0.2) is 72.6 Å². The lowest BCUT2D eigenvalue weighted by molar-refractivity contribution is -0.119. The highest BCUT2D eigenvalue weighted by Gasteiger charge is 2.34. The summed E-state index contributed by atoms with van der Waals surface area (Å²) in [4.78, 5) is 51.1. The fourth-order valence-electron chi connectivity index (χ4n) is 5.93. The molecule has 0 bridgehead atoms. The van der Waals surface area contributed by atoms with E-state index in [1.165, 1.54) is 36.2 Å². The summed E-state index contributed by atoms with van der Waals surface area (Å²) in [6.07, 6.45) is 0.683. The molecular formula is C30H30F2N4O8. The summed E-state index contributed by atoms with van der Waals surface area (Å²) in [6.45, 7) is 4.23. The van der Waals surface area contributed by atoms with Gasteiger partial charge in [0, 0.05) is 25.7 Å². The number of carboxylic acid groups (broad SMARTS) is 1. The predicted molar refractivity (Wildman–Crippen MR) is 154 cm³/mol. The van der Waals surface area contributed by atoms with E-state index in [9.17, 15) is 24.3 Å². The molecule has 0 spiro atoms. The van der Waals surface area contributed by atoms with Gasteiger partial charge in [-0.1, -0.05) is 0 Å². The number of amides is 2. The Hall–Kier alpha value is -4.88. The first-order chi connectivity index (χ1) is 21.0. The minimum absolute atomic E-state index is 0.0385. The predicted octanol–water partition coefficient (Wildman–Crippen LogP) is 3.44. The molecule has 3 aliphatic rings. The van der Waals surface area contributed by atoms with E-state index in [4.69, 9.17) is 14.2 Å². The van der Waals surface area contributed by atoms with Crippen LogP contribution in [0.5, 0.6) is 11.5 Å². The lowest BCUT2D eigenvalue weighted by Crippen LogP contribution is -2.42. The molecule has 3 atom stereocenters. The van der Waals surface area contributed by atoms with Crippen LogP contribution >= 0.6 is 0 Å². The van der Waals surface area contributed by atoms with Crippen LogP contribution in [0.1, 0.15) is 43.1 Å². The van der Waals surface area contributed by atoms with E-state index in [0.29, 0.717) is 24.9 Å². The van der Waals surface area contributed by atoms with Crippen molar-refractivity contribution in [1.82, 2.24) is 9.88 Å². The molecule has 2 saturated heterocycles. The van der Waals surface area contributed by atoms with Crippen LogP contribution in [0.4, 0.5) is 25.0 Å². The number of aromatic nitrogens is 1. The average molecular weight is 613 g/mol. The molecule has 232 valence electrons. The zero-order chi connectivity index (χ0) is 31.3. The normalized spacial score (nSPS) is 21.2. The molecule has 3 unspecified atom stereocenters. The third kappa shape index (κ3) is 5.24. The molecule has 44 heavy (non-hydrogen) atoms. The number of nitrogens with one attached hydrogen (secondary N) is 1. The van der Waals surface area contributed by atoms with Gasteiger partial charge in [-0.3, -0.25) is 14.5 Å². The van der Waals surface area contributed by atoms with Gasteiger partial charge in [0.1, 0.15) is 30.1 Å². The molecule has 3 aromatic rings. The minimum Gasteiger partial charge on any atom is -0.487 e. The maximum Gasteiger partial charge on any atom is 0.414 e. The Labute approximate surface area is 249 Å². The highest BCUT2D eigenvalue weighted by molar-refractivity contribution is 5.97. The van der Waals surface area contributed by atoms with E-state index in [1.54, 1.807) is 9.47 Å². The van der Waals surface area contributed by atoms with Crippen LogP contribution in [0, 0.1) is 11.6 Å². The average Bonchev–Trinajstić information content (AvgIpc) is 3.36. The topological polar surface area (TPSA) is 140 Å². The number of ether oxygens (including phenoxy) is 3. The SMILES string of the molecule is CC(=O)NCC1CN(c2ccc(OC3CCCN(c4c(F)cc5c(=O)c(C(=O)O)cn6c5c4OCC6C)C3)c(F)c2)C(=O)O1. The first-order valence-electron chi connectivity index (χ1n) is 14.2. The number of carboxylic acids is 1. The zero-order valence-electron chi connectivity index (χ0n) is 24.0. The van der Waals surface area contributed by atoms with Crippen LogP contribution in [0.3, 0.4) is 0 Å². The maximum atomic E-state index is 15.7. The van der Waals surface area contributed by atoms with Crippen LogP contribution in [0.15, 0.2) is 35.3 Å². The number of carbonyl (C=O) groups is 3. The summed E-state index contributed by atoms with van der Waals surface area (Å²) in [6, 6.07) is 4.88. The lowest BCUT2D eigenvalue weighted by Gasteiger charge is -2.37. The van der Waals surface area contributed by atoms with E-state index in [2.05, 4.69) is 5.32 Å². The number of nitrogens with zero attached hydrogens (tertiary/aromatic N) is 3. The van der Waals surface area contributed by atoms with Crippen molar-refractivity contribution >= 4 is 40.2 Å². The molecule has 2 fully saturated rings. The van der Waals surface area contributed by atoms with Crippen molar-refractivity contribution in [3.63, 3.8) is 0 Å². The Morgan fingerprint density at radius 2 is 1.95 bits per heavy atom.